The number of amides is 3. The summed E-state index contributed by atoms with van der Waals surface area (Å²) in [5, 5.41) is 8.50. The van der Waals surface area contributed by atoms with Gasteiger partial charge in [-0.15, -0.1) is 0 Å². The molecule has 2 unspecified atom stereocenters. The Morgan fingerprint density at radius 3 is 2.69 bits per heavy atom. The molecule has 1 aliphatic rings. The van der Waals surface area contributed by atoms with Crippen LogP contribution in [0.2, 0.25) is 0 Å². The number of rotatable bonds is 7. The molecule has 2 atom stereocenters. The van der Waals surface area contributed by atoms with Gasteiger partial charge in [0, 0.05) is 18.5 Å². The van der Waals surface area contributed by atoms with E-state index in [9.17, 15) is 14.0 Å². The number of carbonyl (C=O) groups excluding carboxylic acids is 2. The van der Waals surface area contributed by atoms with Crippen molar-refractivity contribution in [2.24, 2.45) is 0 Å². The number of carbonyl (C=O) groups is 2. The third kappa shape index (κ3) is 5.70. The molecular formula is C22H26FN3O3. The minimum Gasteiger partial charge on any atom is -0.493 e. The van der Waals surface area contributed by atoms with E-state index >= 15 is 0 Å². The van der Waals surface area contributed by atoms with Crippen molar-refractivity contribution in [3.05, 3.63) is 65.5 Å². The summed E-state index contributed by atoms with van der Waals surface area (Å²) >= 11 is 0. The summed E-state index contributed by atoms with van der Waals surface area (Å²) in [5.41, 5.74) is 1.72. The van der Waals surface area contributed by atoms with Crippen molar-refractivity contribution >= 4 is 11.9 Å². The number of fused-ring (bicyclic) bond motifs is 1. The number of urea groups is 1. The second kappa shape index (κ2) is 9.91. The third-order valence-electron chi connectivity index (χ3n) is 4.84. The molecule has 0 aromatic heterocycles. The Morgan fingerprint density at radius 1 is 1.17 bits per heavy atom. The number of benzene rings is 2. The van der Waals surface area contributed by atoms with Gasteiger partial charge in [-0.05, 0) is 30.2 Å². The average molecular weight is 399 g/mol. The van der Waals surface area contributed by atoms with Crippen LogP contribution in [-0.4, -0.2) is 24.6 Å². The quantitative estimate of drug-likeness (QED) is 0.667. The van der Waals surface area contributed by atoms with Gasteiger partial charge >= 0.3 is 6.03 Å². The molecule has 2 aromatic rings. The zero-order valence-electron chi connectivity index (χ0n) is 16.4. The molecule has 0 radical (unpaired) electrons. The predicted molar refractivity (Wildman–Crippen MR) is 108 cm³/mol. The normalized spacial score (nSPS) is 16.1. The summed E-state index contributed by atoms with van der Waals surface area (Å²) < 4.78 is 18.6. The van der Waals surface area contributed by atoms with Gasteiger partial charge in [-0.25, -0.2) is 9.18 Å². The number of hydrogen-bond donors (Lipinski definition) is 3. The van der Waals surface area contributed by atoms with Crippen LogP contribution in [0.3, 0.4) is 0 Å². The Morgan fingerprint density at radius 2 is 1.93 bits per heavy atom. The van der Waals surface area contributed by atoms with Gasteiger partial charge in [0.05, 0.1) is 12.6 Å². The van der Waals surface area contributed by atoms with Gasteiger partial charge in [0.15, 0.2) is 0 Å². The lowest BCUT2D eigenvalue weighted by atomic mass is 10.00. The second-order valence-electron chi connectivity index (χ2n) is 7.03. The minimum absolute atomic E-state index is 0.143. The zero-order chi connectivity index (χ0) is 20.6. The second-order valence-corrected chi connectivity index (χ2v) is 7.03. The monoisotopic (exact) mass is 399 g/mol. The Hall–Kier alpha value is -3.09. The van der Waals surface area contributed by atoms with Gasteiger partial charge in [-0.3, -0.25) is 4.79 Å². The average Bonchev–Trinajstić information content (AvgIpc) is 2.73. The summed E-state index contributed by atoms with van der Waals surface area (Å²) in [6, 6.07) is 12.3. The van der Waals surface area contributed by atoms with E-state index in [0.717, 1.165) is 23.3 Å². The summed E-state index contributed by atoms with van der Waals surface area (Å²) in [6.07, 6.45) is 1.96. The van der Waals surface area contributed by atoms with E-state index in [1.807, 2.05) is 31.2 Å². The molecule has 3 N–H and O–H groups in total. The van der Waals surface area contributed by atoms with Gasteiger partial charge in [0.1, 0.15) is 17.6 Å². The standard InChI is InChI=1S/C22H26FN3O3/c1-2-5-19(26-22(28)24-14-15-8-10-16(23)11-9-15)21(27)25-18-12-13-29-20-7-4-3-6-17(18)20/h3-4,6-11,18-19H,2,5,12-14H2,1H3,(H,25,27)(H2,24,26,28). The molecule has 3 rings (SSSR count). The molecule has 154 valence electrons. The number of para-hydroxylation sites is 1. The summed E-state index contributed by atoms with van der Waals surface area (Å²) in [6.45, 7) is 2.74. The molecule has 0 bridgehead atoms. The molecule has 0 fully saturated rings. The number of ether oxygens (including phenoxy) is 1. The van der Waals surface area contributed by atoms with Gasteiger partial charge in [0.2, 0.25) is 5.91 Å². The maximum Gasteiger partial charge on any atom is 0.315 e. The zero-order valence-corrected chi connectivity index (χ0v) is 16.4. The van der Waals surface area contributed by atoms with Crippen LogP contribution in [0.1, 0.15) is 43.4 Å². The van der Waals surface area contributed by atoms with E-state index in [0.29, 0.717) is 19.4 Å². The number of halogens is 1. The maximum atomic E-state index is 13.0. The van der Waals surface area contributed by atoms with E-state index in [2.05, 4.69) is 16.0 Å². The highest BCUT2D eigenvalue weighted by atomic mass is 19.1. The molecule has 29 heavy (non-hydrogen) atoms. The number of hydrogen-bond acceptors (Lipinski definition) is 3. The summed E-state index contributed by atoms with van der Waals surface area (Å²) in [7, 11) is 0. The van der Waals surface area contributed by atoms with Gasteiger partial charge < -0.3 is 20.7 Å². The first-order valence-electron chi connectivity index (χ1n) is 9.87. The van der Waals surface area contributed by atoms with E-state index < -0.39 is 12.1 Å². The van der Waals surface area contributed by atoms with Gasteiger partial charge in [0.25, 0.3) is 0 Å². The van der Waals surface area contributed by atoms with E-state index in [-0.39, 0.29) is 24.3 Å². The van der Waals surface area contributed by atoms with E-state index in [4.69, 9.17) is 4.74 Å². The van der Waals surface area contributed by atoms with Crippen LogP contribution in [0.15, 0.2) is 48.5 Å². The first-order valence-corrected chi connectivity index (χ1v) is 9.87. The molecule has 6 nitrogen and oxygen atoms in total. The molecule has 2 aromatic carbocycles. The fourth-order valence-corrected chi connectivity index (χ4v) is 3.32. The van der Waals surface area contributed by atoms with Crippen molar-refractivity contribution in [3.63, 3.8) is 0 Å². The van der Waals surface area contributed by atoms with Crippen molar-refractivity contribution in [1.82, 2.24) is 16.0 Å². The summed E-state index contributed by atoms with van der Waals surface area (Å²) in [5.74, 6) is 0.235. The maximum absolute atomic E-state index is 13.0. The highest BCUT2D eigenvalue weighted by molar-refractivity contribution is 5.87. The molecule has 1 aliphatic heterocycles. The van der Waals surface area contributed by atoms with Crippen LogP contribution < -0.4 is 20.7 Å². The van der Waals surface area contributed by atoms with Crippen LogP contribution in [0, 0.1) is 5.82 Å². The van der Waals surface area contributed by atoms with Crippen molar-refractivity contribution in [1.29, 1.82) is 0 Å². The Kier molecular flexibility index (Phi) is 7.05. The Labute approximate surface area is 169 Å². The SMILES string of the molecule is CCCC(NC(=O)NCc1ccc(F)cc1)C(=O)NC1CCOc2ccccc21. The first kappa shape index (κ1) is 20.6. The van der Waals surface area contributed by atoms with Gasteiger partial charge in [-0.1, -0.05) is 43.7 Å². The fourth-order valence-electron chi connectivity index (χ4n) is 3.32. The molecule has 0 spiro atoms. The highest BCUT2D eigenvalue weighted by Crippen LogP contribution is 2.31. The topological polar surface area (TPSA) is 79.5 Å². The van der Waals surface area contributed by atoms with Crippen molar-refractivity contribution < 1.29 is 18.7 Å². The number of nitrogens with one attached hydrogen (secondary N) is 3. The summed E-state index contributed by atoms with van der Waals surface area (Å²) in [4.78, 5) is 25.1. The fraction of sp³-hybridized carbons (Fsp3) is 0.364. The minimum atomic E-state index is -0.636. The van der Waals surface area contributed by atoms with Crippen LogP contribution in [0.4, 0.5) is 9.18 Å². The largest absolute Gasteiger partial charge is 0.493 e. The lowest BCUT2D eigenvalue weighted by molar-refractivity contribution is -0.124. The van der Waals surface area contributed by atoms with E-state index in [1.165, 1.54) is 12.1 Å². The van der Waals surface area contributed by atoms with Crippen molar-refractivity contribution in [2.45, 2.75) is 44.8 Å². The van der Waals surface area contributed by atoms with Crippen LogP contribution >= 0.6 is 0 Å². The predicted octanol–water partition coefficient (Wildman–Crippen LogP) is 3.43. The van der Waals surface area contributed by atoms with E-state index in [1.54, 1.807) is 12.1 Å². The Bertz CT molecular complexity index is 841. The molecule has 0 saturated heterocycles. The van der Waals surface area contributed by atoms with Crippen molar-refractivity contribution in [3.8, 4) is 5.75 Å². The third-order valence-corrected chi connectivity index (χ3v) is 4.84. The molecule has 1 heterocycles. The highest BCUT2D eigenvalue weighted by Gasteiger charge is 2.26. The van der Waals surface area contributed by atoms with Crippen LogP contribution in [0.25, 0.3) is 0 Å². The smallest absolute Gasteiger partial charge is 0.315 e. The van der Waals surface area contributed by atoms with Crippen LogP contribution in [0.5, 0.6) is 5.75 Å². The van der Waals surface area contributed by atoms with Crippen molar-refractivity contribution in [2.75, 3.05) is 6.61 Å². The lowest BCUT2D eigenvalue weighted by Crippen LogP contribution is -2.50. The molecular weight excluding hydrogens is 373 g/mol. The van der Waals surface area contributed by atoms with Crippen LogP contribution in [-0.2, 0) is 11.3 Å². The lowest BCUT2D eigenvalue weighted by Gasteiger charge is -2.28. The molecule has 0 aliphatic carbocycles. The Balaban J connectivity index is 1.56. The van der Waals surface area contributed by atoms with Gasteiger partial charge in [-0.2, -0.15) is 0 Å². The first-order chi connectivity index (χ1) is 14.1. The molecule has 7 heteroatoms. The molecule has 3 amide bonds. The molecule has 0 saturated carbocycles.